The molecule has 0 aromatic rings. The quantitative estimate of drug-likeness (QED) is 0.306. The highest BCUT2D eigenvalue weighted by atomic mass is 28.6. The van der Waals surface area contributed by atoms with Crippen LogP contribution in [0.25, 0.3) is 0 Å². The molecule has 2 aliphatic heterocycles. The molecular weight excluding hydrogens is 212 g/mol. The molecule has 11 heavy (non-hydrogen) atoms. The van der Waals surface area contributed by atoms with E-state index in [0.717, 1.165) is 0 Å². The monoisotopic (exact) mass is 216 g/mol. The second-order valence-corrected chi connectivity index (χ2v) is 8.47. The molecule has 1 spiro atoms. The van der Waals surface area contributed by atoms with Crippen LogP contribution in [0, 0.1) is 0 Å². The Balaban J connectivity index is 1.93. The first kappa shape index (κ1) is 7.95. The lowest BCUT2D eigenvalue weighted by molar-refractivity contribution is -0.121. The molecule has 2 aliphatic rings. The van der Waals surface area contributed by atoms with Gasteiger partial charge < -0.3 is 35.6 Å². The molecule has 0 saturated carbocycles. The third kappa shape index (κ3) is 1.21. The summed E-state index contributed by atoms with van der Waals surface area (Å²) >= 11 is 0. The van der Waals surface area contributed by atoms with Gasteiger partial charge in [-0.05, 0) is 0 Å². The molecule has 4 N–H and O–H groups in total. The van der Waals surface area contributed by atoms with Crippen LogP contribution in [0.1, 0.15) is 0 Å². The van der Waals surface area contributed by atoms with Crippen LogP contribution in [0.15, 0.2) is 0 Å². The summed E-state index contributed by atoms with van der Waals surface area (Å²) in [5, 5.41) is 0. The smallest absolute Gasteiger partial charge is 0.368 e. The van der Waals surface area contributed by atoms with Gasteiger partial charge in [0.1, 0.15) is 0 Å². The van der Waals surface area contributed by atoms with Crippen molar-refractivity contribution in [2.24, 2.45) is 0 Å². The fraction of sp³-hybridized carbons (Fsp3) is 0. The Morgan fingerprint density at radius 2 is 0.909 bits per heavy atom. The van der Waals surface area contributed by atoms with Gasteiger partial charge >= 0.3 is 27.1 Å². The first-order chi connectivity index (χ1) is 4.83. The van der Waals surface area contributed by atoms with E-state index >= 15 is 0 Å². The standard InChI is InChI=1S/H4O8Si3/c1-9(2)5-11(6-9)7-10(3,4)8-11/h1-4H. The van der Waals surface area contributed by atoms with Crippen LogP contribution in [0.2, 0.25) is 0 Å². The van der Waals surface area contributed by atoms with E-state index in [1.54, 1.807) is 0 Å². The minimum atomic E-state index is -4.01. The molecule has 0 atom stereocenters. The maximum Gasteiger partial charge on any atom is 0.662 e. The highest BCUT2D eigenvalue weighted by Gasteiger charge is 2.83. The minimum absolute atomic E-state index is 3.44. The van der Waals surface area contributed by atoms with E-state index in [1.807, 2.05) is 0 Å². The summed E-state index contributed by atoms with van der Waals surface area (Å²) in [7, 11) is -11.5. The fourth-order valence-electron chi connectivity index (χ4n) is 0.750. The molecule has 0 aromatic heterocycles. The normalized spacial score (nSPS) is 36.0. The van der Waals surface area contributed by atoms with Crippen LogP contribution in [0.4, 0.5) is 0 Å². The van der Waals surface area contributed by atoms with Crippen LogP contribution >= 0.6 is 0 Å². The highest BCUT2D eigenvalue weighted by Crippen LogP contribution is 2.38. The third-order valence-electron chi connectivity index (χ3n) is 1.03. The molecule has 2 fully saturated rings. The van der Waals surface area contributed by atoms with Crippen molar-refractivity contribution in [3.05, 3.63) is 0 Å². The van der Waals surface area contributed by atoms with E-state index in [1.165, 1.54) is 0 Å². The Morgan fingerprint density at radius 3 is 1.09 bits per heavy atom. The SMILES string of the molecule is O[Si]1(O)O[Si]2(O1)O[Si](O)(O)O2. The van der Waals surface area contributed by atoms with Crippen molar-refractivity contribution in [1.82, 2.24) is 0 Å². The predicted molar refractivity (Wildman–Crippen MR) is 30.5 cm³/mol. The van der Waals surface area contributed by atoms with Crippen molar-refractivity contribution >= 4 is 27.1 Å². The van der Waals surface area contributed by atoms with Crippen molar-refractivity contribution < 1.29 is 35.6 Å². The lowest BCUT2D eigenvalue weighted by atomic mass is 15.5. The average Bonchev–Trinajstić information content (AvgIpc) is 1.52. The van der Waals surface area contributed by atoms with Gasteiger partial charge in [-0.15, -0.1) is 0 Å². The second kappa shape index (κ2) is 1.80. The minimum Gasteiger partial charge on any atom is -0.368 e. The Kier molecular flexibility index (Phi) is 1.30. The molecule has 0 unspecified atom stereocenters. The molecule has 0 aromatic carbocycles. The Morgan fingerprint density at radius 1 is 0.636 bits per heavy atom. The summed E-state index contributed by atoms with van der Waals surface area (Å²) in [6, 6.07) is 0. The van der Waals surface area contributed by atoms with Crippen molar-refractivity contribution in [3.8, 4) is 0 Å². The van der Waals surface area contributed by atoms with Gasteiger partial charge in [0.2, 0.25) is 0 Å². The first-order valence-electron chi connectivity index (χ1n) is 2.53. The van der Waals surface area contributed by atoms with Gasteiger partial charge in [0, 0.05) is 0 Å². The Labute approximate surface area is 63.6 Å². The second-order valence-electron chi connectivity index (χ2n) is 2.01. The van der Waals surface area contributed by atoms with Crippen LogP contribution in [0.5, 0.6) is 0 Å². The van der Waals surface area contributed by atoms with E-state index in [-0.39, 0.29) is 0 Å². The summed E-state index contributed by atoms with van der Waals surface area (Å²) in [5.74, 6) is 0. The Hall–Kier alpha value is 0.331. The predicted octanol–water partition coefficient (Wildman–Crippen LogP) is -3.64. The topological polar surface area (TPSA) is 118 Å². The summed E-state index contributed by atoms with van der Waals surface area (Å²) in [4.78, 5) is 34.2. The fourth-order valence-corrected chi connectivity index (χ4v) is 8.25. The molecule has 11 heteroatoms. The van der Waals surface area contributed by atoms with Gasteiger partial charge in [-0.2, -0.15) is 0 Å². The maximum absolute atomic E-state index is 8.56. The molecule has 2 saturated heterocycles. The Bertz CT molecular complexity index is 154. The molecule has 8 nitrogen and oxygen atoms in total. The molecule has 0 aliphatic carbocycles. The lowest BCUT2D eigenvalue weighted by Crippen LogP contribution is -2.86. The van der Waals surface area contributed by atoms with Crippen molar-refractivity contribution in [2.75, 3.05) is 0 Å². The largest absolute Gasteiger partial charge is 0.662 e. The van der Waals surface area contributed by atoms with Gasteiger partial charge in [-0.3, -0.25) is 0 Å². The van der Waals surface area contributed by atoms with Crippen LogP contribution in [-0.2, 0) is 16.5 Å². The summed E-state index contributed by atoms with van der Waals surface area (Å²) in [6.07, 6.45) is 0. The molecule has 2 heterocycles. The van der Waals surface area contributed by atoms with E-state index in [2.05, 4.69) is 16.5 Å². The van der Waals surface area contributed by atoms with Crippen molar-refractivity contribution in [2.45, 2.75) is 0 Å². The molecule has 0 amide bonds. The van der Waals surface area contributed by atoms with Crippen LogP contribution < -0.4 is 0 Å². The van der Waals surface area contributed by atoms with Gasteiger partial charge in [0.25, 0.3) is 0 Å². The summed E-state index contributed by atoms with van der Waals surface area (Å²) < 4.78 is 17.3. The van der Waals surface area contributed by atoms with Crippen molar-refractivity contribution in [3.63, 3.8) is 0 Å². The lowest BCUT2D eigenvalue weighted by Gasteiger charge is -2.49. The first-order valence-corrected chi connectivity index (χ1v) is 7.58. The molecular formula is H4O8Si3. The summed E-state index contributed by atoms with van der Waals surface area (Å²) in [6.45, 7) is 0. The van der Waals surface area contributed by atoms with Gasteiger partial charge in [0.15, 0.2) is 0 Å². The third-order valence-corrected chi connectivity index (χ3v) is 9.29. The number of hydrogen-bond acceptors (Lipinski definition) is 8. The highest BCUT2D eigenvalue weighted by molar-refractivity contribution is 6.92. The molecule has 2 rings (SSSR count). The van der Waals surface area contributed by atoms with Crippen LogP contribution in [0.3, 0.4) is 0 Å². The van der Waals surface area contributed by atoms with Gasteiger partial charge in [-0.1, -0.05) is 0 Å². The van der Waals surface area contributed by atoms with E-state index in [0.29, 0.717) is 0 Å². The van der Waals surface area contributed by atoms with E-state index < -0.39 is 27.1 Å². The molecule has 0 bridgehead atoms. The van der Waals surface area contributed by atoms with Crippen LogP contribution in [-0.4, -0.2) is 46.3 Å². The average molecular weight is 216 g/mol. The maximum atomic E-state index is 8.56. The van der Waals surface area contributed by atoms with Gasteiger partial charge in [0.05, 0.1) is 0 Å². The zero-order chi connectivity index (χ0) is 8.33. The zero-order valence-corrected chi connectivity index (χ0v) is 7.92. The molecule has 0 radical (unpaired) electrons. The number of hydrogen-bond donors (Lipinski definition) is 4. The summed E-state index contributed by atoms with van der Waals surface area (Å²) in [5.41, 5.74) is 0. The number of rotatable bonds is 0. The van der Waals surface area contributed by atoms with Crippen molar-refractivity contribution in [1.29, 1.82) is 0 Å². The molecule has 64 valence electrons. The van der Waals surface area contributed by atoms with E-state index in [4.69, 9.17) is 19.2 Å². The van der Waals surface area contributed by atoms with Gasteiger partial charge in [-0.25, -0.2) is 0 Å². The van der Waals surface area contributed by atoms with E-state index in [9.17, 15) is 0 Å². The zero-order valence-electron chi connectivity index (χ0n) is 4.92.